The lowest BCUT2D eigenvalue weighted by atomic mass is 9.95. The van der Waals surface area contributed by atoms with Crippen LogP contribution in [-0.2, 0) is 11.3 Å². The molecule has 130 valence electrons. The van der Waals surface area contributed by atoms with E-state index in [-0.39, 0.29) is 17.7 Å². The smallest absolute Gasteiger partial charge is 0.254 e. The van der Waals surface area contributed by atoms with Crippen LogP contribution in [0.15, 0.2) is 54.6 Å². The van der Waals surface area contributed by atoms with Crippen LogP contribution < -0.4 is 5.32 Å². The first-order valence-corrected chi connectivity index (χ1v) is 8.81. The molecule has 2 aromatic carbocycles. The highest BCUT2D eigenvalue weighted by Gasteiger charge is 2.28. The van der Waals surface area contributed by atoms with E-state index in [1.54, 1.807) is 0 Å². The zero-order chi connectivity index (χ0) is 17.6. The fourth-order valence-corrected chi connectivity index (χ4v) is 3.26. The Morgan fingerprint density at radius 1 is 1.00 bits per heavy atom. The van der Waals surface area contributed by atoms with Crippen molar-refractivity contribution in [3.63, 3.8) is 0 Å². The molecule has 0 aliphatic carbocycles. The van der Waals surface area contributed by atoms with Crippen molar-refractivity contribution in [2.24, 2.45) is 5.92 Å². The maximum absolute atomic E-state index is 12.6. The summed E-state index contributed by atoms with van der Waals surface area (Å²) in [5, 5.41) is 3.01. The van der Waals surface area contributed by atoms with E-state index in [9.17, 15) is 9.59 Å². The number of benzene rings is 2. The van der Waals surface area contributed by atoms with Gasteiger partial charge in [0, 0.05) is 31.1 Å². The predicted molar refractivity (Wildman–Crippen MR) is 98.1 cm³/mol. The molecule has 2 aromatic rings. The van der Waals surface area contributed by atoms with Gasteiger partial charge in [0.25, 0.3) is 5.91 Å². The van der Waals surface area contributed by atoms with Crippen molar-refractivity contribution < 1.29 is 9.59 Å². The summed E-state index contributed by atoms with van der Waals surface area (Å²) in [4.78, 5) is 26.9. The van der Waals surface area contributed by atoms with E-state index in [0.29, 0.717) is 19.6 Å². The van der Waals surface area contributed by atoms with Crippen molar-refractivity contribution in [3.05, 3.63) is 71.3 Å². The van der Waals surface area contributed by atoms with Crippen molar-refractivity contribution in [2.75, 3.05) is 13.1 Å². The summed E-state index contributed by atoms with van der Waals surface area (Å²) in [6.45, 7) is 3.78. The molecule has 25 heavy (non-hydrogen) atoms. The number of aryl methyl sites for hydroxylation is 1. The van der Waals surface area contributed by atoms with Crippen LogP contribution in [-0.4, -0.2) is 29.8 Å². The molecule has 1 saturated heterocycles. The Balaban J connectivity index is 1.50. The minimum absolute atomic E-state index is 0.00960. The minimum atomic E-state index is -0.00960. The topological polar surface area (TPSA) is 49.4 Å². The maximum Gasteiger partial charge on any atom is 0.254 e. The summed E-state index contributed by atoms with van der Waals surface area (Å²) >= 11 is 0. The third-order valence-electron chi connectivity index (χ3n) is 4.84. The van der Waals surface area contributed by atoms with E-state index in [4.69, 9.17) is 0 Å². The molecule has 1 aliphatic rings. The van der Waals surface area contributed by atoms with Crippen molar-refractivity contribution in [2.45, 2.75) is 26.3 Å². The van der Waals surface area contributed by atoms with E-state index in [1.165, 1.54) is 0 Å². The molecule has 0 unspecified atom stereocenters. The molecule has 1 heterocycles. The molecule has 0 radical (unpaired) electrons. The van der Waals surface area contributed by atoms with Gasteiger partial charge in [0.15, 0.2) is 0 Å². The van der Waals surface area contributed by atoms with Gasteiger partial charge in [0.1, 0.15) is 0 Å². The zero-order valence-corrected chi connectivity index (χ0v) is 14.6. The highest BCUT2D eigenvalue weighted by molar-refractivity contribution is 5.95. The van der Waals surface area contributed by atoms with Crippen molar-refractivity contribution in [1.29, 1.82) is 0 Å². The minimum Gasteiger partial charge on any atom is -0.352 e. The number of hydrogen-bond donors (Lipinski definition) is 1. The van der Waals surface area contributed by atoms with Crippen molar-refractivity contribution in [3.8, 4) is 0 Å². The van der Waals surface area contributed by atoms with Crippen LogP contribution in [0.1, 0.15) is 34.3 Å². The van der Waals surface area contributed by atoms with Gasteiger partial charge >= 0.3 is 0 Å². The first-order valence-electron chi connectivity index (χ1n) is 8.81. The Hall–Kier alpha value is -2.62. The molecule has 2 amide bonds. The van der Waals surface area contributed by atoms with Gasteiger partial charge in [0.05, 0.1) is 0 Å². The van der Waals surface area contributed by atoms with Gasteiger partial charge in [0.2, 0.25) is 5.91 Å². The monoisotopic (exact) mass is 336 g/mol. The molecule has 0 saturated carbocycles. The summed E-state index contributed by atoms with van der Waals surface area (Å²) in [5.74, 6) is 0.151. The second-order valence-electron chi connectivity index (χ2n) is 6.58. The summed E-state index contributed by atoms with van der Waals surface area (Å²) in [5.41, 5.74) is 2.85. The van der Waals surface area contributed by atoms with E-state index in [0.717, 1.165) is 29.5 Å². The molecule has 0 aromatic heterocycles. The van der Waals surface area contributed by atoms with Gasteiger partial charge < -0.3 is 10.2 Å². The third kappa shape index (κ3) is 4.27. The molecule has 1 N–H and O–H groups in total. The van der Waals surface area contributed by atoms with Gasteiger partial charge in [-0.1, -0.05) is 48.5 Å². The number of hydrogen-bond acceptors (Lipinski definition) is 2. The SMILES string of the molecule is Cc1ccccc1C(=O)N1CCC(C(=O)NCc2ccccc2)CC1. The quantitative estimate of drug-likeness (QED) is 0.932. The average Bonchev–Trinajstić information content (AvgIpc) is 2.67. The second kappa shape index (κ2) is 7.97. The lowest BCUT2D eigenvalue weighted by Gasteiger charge is -2.31. The maximum atomic E-state index is 12.6. The van der Waals surface area contributed by atoms with E-state index in [1.807, 2.05) is 66.4 Å². The largest absolute Gasteiger partial charge is 0.352 e. The van der Waals surface area contributed by atoms with Crippen LogP contribution >= 0.6 is 0 Å². The normalized spacial score (nSPS) is 15.0. The number of amides is 2. The van der Waals surface area contributed by atoms with Gasteiger partial charge in [-0.05, 0) is 37.0 Å². The third-order valence-corrected chi connectivity index (χ3v) is 4.84. The number of carbonyl (C=O) groups excluding carboxylic acids is 2. The second-order valence-corrected chi connectivity index (χ2v) is 6.58. The molecule has 1 aliphatic heterocycles. The van der Waals surface area contributed by atoms with Gasteiger partial charge in [-0.3, -0.25) is 9.59 Å². The predicted octanol–water partition coefficient (Wildman–Crippen LogP) is 3.16. The fraction of sp³-hybridized carbons (Fsp3) is 0.333. The number of piperidine rings is 1. The van der Waals surface area contributed by atoms with E-state index in [2.05, 4.69) is 5.32 Å². The van der Waals surface area contributed by atoms with Crippen molar-refractivity contribution >= 4 is 11.8 Å². The molecule has 4 heteroatoms. The fourth-order valence-electron chi connectivity index (χ4n) is 3.26. The number of rotatable bonds is 4. The van der Waals surface area contributed by atoms with Crippen LogP contribution in [0.5, 0.6) is 0 Å². The Morgan fingerprint density at radius 2 is 1.64 bits per heavy atom. The van der Waals surface area contributed by atoms with Crippen LogP contribution in [0.25, 0.3) is 0 Å². The average molecular weight is 336 g/mol. The number of carbonyl (C=O) groups is 2. The molecule has 0 atom stereocenters. The van der Waals surface area contributed by atoms with E-state index >= 15 is 0 Å². The molecule has 4 nitrogen and oxygen atoms in total. The summed E-state index contributed by atoms with van der Waals surface area (Å²) in [6.07, 6.45) is 1.44. The van der Waals surface area contributed by atoms with Gasteiger partial charge in [-0.15, -0.1) is 0 Å². The van der Waals surface area contributed by atoms with Crippen LogP contribution in [0.4, 0.5) is 0 Å². The Labute approximate surface area is 148 Å². The van der Waals surface area contributed by atoms with Crippen molar-refractivity contribution in [1.82, 2.24) is 10.2 Å². The first-order chi connectivity index (χ1) is 12.1. The molecule has 3 rings (SSSR count). The van der Waals surface area contributed by atoms with Crippen LogP contribution in [0.3, 0.4) is 0 Å². The molecule has 0 bridgehead atoms. The summed E-state index contributed by atoms with van der Waals surface area (Å²) in [6, 6.07) is 17.6. The Kier molecular flexibility index (Phi) is 5.49. The molecule has 1 fully saturated rings. The molecule has 0 spiro atoms. The zero-order valence-electron chi connectivity index (χ0n) is 14.6. The molecular formula is C21H24N2O2. The number of nitrogens with one attached hydrogen (secondary N) is 1. The van der Waals surface area contributed by atoms with Crippen LogP contribution in [0, 0.1) is 12.8 Å². The summed E-state index contributed by atoms with van der Waals surface area (Å²) in [7, 11) is 0. The summed E-state index contributed by atoms with van der Waals surface area (Å²) < 4.78 is 0. The number of likely N-dealkylation sites (tertiary alicyclic amines) is 1. The highest BCUT2D eigenvalue weighted by Crippen LogP contribution is 2.20. The van der Waals surface area contributed by atoms with Gasteiger partial charge in [-0.2, -0.15) is 0 Å². The molecular weight excluding hydrogens is 312 g/mol. The Bertz CT molecular complexity index is 735. The highest BCUT2D eigenvalue weighted by atomic mass is 16.2. The number of nitrogens with zero attached hydrogens (tertiary/aromatic N) is 1. The Morgan fingerprint density at radius 3 is 2.32 bits per heavy atom. The van der Waals surface area contributed by atoms with Crippen LogP contribution in [0.2, 0.25) is 0 Å². The first kappa shape index (κ1) is 17.2. The lowest BCUT2D eigenvalue weighted by molar-refractivity contribution is -0.126. The standard InChI is InChI=1S/C21H24N2O2/c1-16-7-5-6-10-19(16)21(25)23-13-11-18(12-14-23)20(24)22-15-17-8-3-2-4-9-17/h2-10,18H,11-15H2,1H3,(H,22,24). The van der Waals surface area contributed by atoms with E-state index < -0.39 is 0 Å². The van der Waals surface area contributed by atoms with Gasteiger partial charge in [-0.25, -0.2) is 0 Å². The lowest BCUT2D eigenvalue weighted by Crippen LogP contribution is -2.43.